The van der Waals surface area contributed by atoms with Crippen molar-refractivity contribution in [3.63, 3.8) is 0 Å². The Hall–Kier alpha value is -1.45. The predicted octanol–water partition coefficient (Wildman–Crippen LogP) is 1.98. The molecule has 0 N–H and O–H groups in total. The van der Waals surface area contributed by atoms with E-state index >= 15 is 0 Å². The molecule has 0 saturated heterocycles. The fourth-order valence-electron chi connectivity index (χ4n) is 0.659. The average Bonchev–Trinajstić information content (AvgIpc) is 2.15. The van der Waals surface area contributed by atoms with Crippen molar-refractivity contribution >= 4 is 5.97 Å². The van der Waals surface area contributed by atoms with E-state index in [9.17, 15) is 4.79 Å². The van der Waals surface area contributed by atoms with Crippen molar-refractivity contribution in [3.8, 4) is 0 Å². The standard InChI is InChI=1S/C10H16O4/c1-5-12-9(4)14-7-8(3)10(11)13-6-2/h5,7,9H,1,6H2,2-4H3/b8-7+. The molecule has 4 nitrogen and oxygen atoms in total. The van der Waals surface area contributed by atoms with Gasteiger partial charge in [-0.15, -0.1) is 0 Å². The van der Waals surface area contributed by atoms with Crippen molar-refractivity contribution in [2.24, 2.45) is 0 Å². The first-order valence-corrected chi connectivity index (χ1v) is 4.37. The average molecular weight is 200 g/mol. The lowest BCUT2D eigenvalue weighted by Gasteiger charge is -2.10. The number of esters is 1. The first-order chi connectivity index (χ1) is 6.61. The van der Waals surface area contributed by atoms with Crippen LogP contribution in [0.2, 0.25) is 0 Å². The van der Waals surface area contributed by atoms with Crippen molar-refractivity contribution in [2.75, 3.05) is 6.61 Å². The molecule has 0 spiro atoms. The Morgan fingerprint density at radius 1 is 1.50 bits per heavy atom. The molecule has 0 radical (unpaired) electrons. The van der Waals surface area contributed by atoms with Crippen molar-refractivity contribution < 1.29 is 19.0 Å². The molecule has 1 atom stereocenters. The van der Waals surface area contributed by atoms with Crippen LogP contribution in [0.15, 0.2) is 24.7 Å². The third-order valence-electron chi connectivity index (χ3n) is 1.32. The summed E-state index contributed by atoms with van der Waals surface area (Å²) in [4.78, 5) is 11.1. The lowest BCUT2D eigenvalue weighted by molar-refractivity contribution is -0.138. The second-order valence-electron chi connectivity index (χ2n) is 2.53. The third kappa shape index (κ3) is 5.24. The van der Waals surface area contributed by atoms with Gasteiger partial charge in [0.05, 0.1) is 24.7 Å². The molecular formula is C10H16O4. The maximum atomic E-state index is 11.1. The van der Waals surface area contributed by atoms with E-state index in [1.54, 1.807) is 20.8 Å². The molecular weight excluding hydrogens is 184 g/mol. The van der Waals surface area contributed by atoms with Gasteiger partial charge < -0.3 is 14.2 Å². The number of hydrogen-bond acceptors (Lipinski definition) is 4. The summed E-state index contributed by atoms with van der Waals surface area (Å²) in [5.41, 5.74) is 0.395. The summed E-state index contributed by atoms with van der Waals surface area (Å²) < 4.78 is 14.7. The SMILES string of the molecule is C=COC(C)O/C=C(\C)C(=O)OCC. The summed E-state index contributed by atoms with van der Waals surface area (Å²) in [6.07, 6.45) is 2.13. The molecule has 0 bridgehead atoms. The van der Waals surface area contributed by atoms with Gasteiger partial charge in [-0.3, -0.25) is 0 Å². The zero-order chi connectivity index (χ0) is 11.0. The van der Waals surface area contributed by atoms with Crippen LogP contribution in [0.25, 0.3) is 0 Å². The third-order valence-corrected chi connectivity index (χ3v) is 1.32. The summed E-state index contributed by atoms with van der Waals surface area (Å²) in [6.45, 7) is 8.77. The smallest absolute Gasteiger partial charge is 0.336 e. The highest BCUT2D eigenvalue weighted by Gasteiger charge is 2.05. The number of carbonyl (C=O) groups excluding carboxylic acids is 1. The van der Waals surface area contributed by atoms with Crippen molar-refractivity contribution in [2.45, 2.75) is 27.1 Å². The minimum Gasteiger partial charge on any atom is -0.463 e. The molecule has 0 aliphatic heterocycles. The summed E-state index contributed by atoms with van der Waals surface area (Å²) in [5, 5.41) is 0. The van der Waals surface area contributed by atoms with Crippen molar-refractivity contribution in [3.05, 3.63) is 24.7 Å². The van der Waals surface area contributed by atoms with Crippen LogP contribution in [0.5, 0.6) is 0 Å². The van der Waals surface area contributed by atoms with E-state index in [0.717, 1.165) is 0 Å². The largest absolute Gasteiger partial charge is 0.463 e. The van der Waals surface area contributed by atoms with Gasteiger partial charge in [0.2, 0.25) is 6.29 Å². The topological polar surface area (TPSA) is 44.8 Å². The van der Waals surface area contributed by atoms with E-state index in [-0.39, 0.29) is 0 Å². The predicted molar refractivity (Wildman–Crippen MR) is 52.2 cm³/mol. The summed E-state index contributed by atoms with van der Waals surface area (Å²) in [5.74, 6) is -0.390. The zero-order valence-electron chi connectivity index (χ0n) is 8.78. The van der Waals surface area contributed by atoms with E-state index in [4.69, 9.17) is 14.2 Å². The fraction of sp³-hybridized carbons (Fsp3) is 0.500. The minimum absolute atomic E-state index is 0.350. The maximum absolute atomic E-state index is 11.1. The van der Waals surface area contributed by atoms with Gasteiger partial charge in [0.15, 0.2) is 0 Å². The number of rotatable bonds is 6. The first-order valence-electron chi connectivity index (χ1n) is 4.37. The quantitative estimate of drug-likeness (QED) is 0.284. The van der Waals surface area contributed by atoms with Gasteiger partial charge in [-0.25, -0.2) is 4.79 Å². The monoisotopic (exact) mass is 200 g/mol. The second kappa shape index (κ2) is 7.00. The van der Waals surface area contributed by atoms with E-state index in [1.807, 2.05) is 0 Å². The Balaban J connectivity index is 3.97. The molecule has 1 unspecified atom stereocenters. The van der Waals surface area contributed by atoms with Gasteiger partial charge in [-0.05, 0) is 13.8 Å². The van der Waals surface area contributed by atoms with Gasteiger partial charge in [0.1, 0.15) is 0 Å². The molecule has 0 amide bonds. The van der Waals surface area contributed by atoms with Gasteiger partial charge in [0.25, 0.3) is 0 Å². The summed E-state index contributed by atoms with van der Waals surface area (Å²) >= 11 is 0. The zero-order valence-corrected chi connectivity index (χ0v) is 8.78. The molecule has 4 heteroatoms. The summed E-state index contributed by atoms with van der Waals surface area (Å²) in [6, 6.07) is 0. The molecule has 0 aromatic carbocycles. The highest BCUT2D eigenvalue weighted by molar-refractivity contribution is 5.87. The van der Waals surface area contributed by atoms with Gasteiger partial charge in [0, 0.05) is 6.92 Å². The number of hydrogen-bond donors (Lipinski definition) is 0. The highest BCUT2D eigenvalue weighted by atomic mass is 16.7. The van der Waals surface area contributed by atoms with Crippen LogP contribution in [0, 0.1) is 0 Å². The molecule has 0 aromatic heterocycles. The Morgan fingerprint density at radius 2 is 2.14 bits per heavy atom. The van der Waals surface area contributed by atoms with Crippen LogP contribution in [0.3, 0.4) is 0 Å². The van der Waals surface area contributed by atoms with E-state index in [0.29, 0.717) is 12.2 Å². The molecule has 0 rings (SSSR count). The Bertz CT molecular complexity index is 220. The molecule has 14 heavy (non-hydrogen) atoms. The number of carbonyl (C=O) groups is 1. The Kier molecular flexibility index (Phi) is 6.28. The highest BCUT2D eigenvalue weighted by Crippen LogP contribution is 2.01. The van der Waals surface area contributed by atoms with Crippen molar-refractivity contribution in [1.29, 1.82) is 0 Å². The van der Waals surface area contributed by atoms with E-state index < -0.39 is 12.3 Å². The van der Waals surface area contributed by atoms with Crippen LogP contribution in [-0.2, 0) is 19.0 Å². The van der Waals surface area contributed by atoms with Gasteiger partial charge >= 0.3 is 5.97 Å². The molecule has 0 aliphatic carbocycles. The molecule has 0 heterocycles. The van der Waals surface area contributed by atoms with Gasteiger partial charge in [-0.1, -0.05) is 6.58 Å². The fourth-order valence-corrected chi connectivity index (χ4v) is 0.659. The van der Waals surface area contributed by atoms with E-state index in [2.05, 4.69) is 6.58 Å². The number of ether oxygens (including phenoxy) is 3. The van der Waals surface area contributed by atoms with Crippen LogP contribution in [0.1, 0.15) is 20.8 Å². The van der Waals surface area contributed by atoms with E-state index in [1.165, 1.54) is 12.5 Å². The van der Waals surface area contributed by atoms with Crippen LogP contribution in [0.4, 0.5) is 0 Å². The Morgan fingerprint density at radius 3 is 2.64 bits per heavy atom. The molecule has 80 valence electrons. The van der Waals surface area contributed by atoms with Crippen LogP contribution < -0.4 is 0 Å². The van der Waals surface area contributed by atoms with Crippen LogP contribution in [-0.4, -0.2) is 18.9 Å². The first kappa shape index (κ1) is 12.6. The lowest BCUT2D eigenvalue weighted by atomic mass is 10.3. The normalized spacial score (nSPS) is 12.9. The van der Waals surface area contributed by atoms with Gasteiger partial charge in [-0.2, -0.15) is 0 Å². The second-order valence-corrected chi connectivity index (χ2v) is 2.53. The molecule has 0 fully saturated rings. The molecule has 0 aliphatic rings. The molecule has 0 aromatic rings. The van der Waals surface area contributed by atoms with Crippen molar-refractivity contribution in [1.82, 2.24) is 0 Å². The molecule has 0 saturated carbocycles. The lowest BCUT2D eigenvalue weighted by Crippen LogP contribution is -2.09. The van der Waals surface area contributed by atoms with Crippen LogP contribution >= 0.6 is 0 Å². The minimum atomic E-state index is -0.461. The summed E-state index contributed by atoms with van der Waals surface area (Å²) in [7, 11) is 0. The maximum Gasteiger partial charge on any atom is 0.336 e. The Labute approximate surface area is 84.1 Å².